The van der Waals surface area contributed by atoms with Gasteiger partial charge >= 0.3 is 11.8 Å². The van der Waals surface area contributed by atoms with Crippen LogP contribution in [0.5, 0.6) is 0 Å². The van der Waals surface area contributed by atoms with Crippen molar-refractivity contribution in [1.82, 2.24) is 5.32 Å². The Morgan fingerprint density at radius 2 is 2.04 bits per heavy atom. The third kappa shape index (κ3) is 4.60. The molecule has 0 bridgehead atoms. The normalized spacial score (nSPS) is 11.8. The largest absolute Gasteiger partial charge is 0.458 e. The molecule has 2 amide bonds. The van der Waals surface area contributed by atoms with Gasteiger partial charge in [0, 0.05) is 16.6 Å². The topological polar surface area (TPSA) is 91.6 Å². The Balaban J connectivity index is 1.53. The van der Waals surface area contributed by atoms with Crippen molar-refractivity contribution >= 4 is 28.8 Å². The van der Waals surface area contributed by atoms with Gasteiger partial charge in [-0.1, -0.05) is 6.07 Å². The fourth-order valence-electron chi connectivity index (χ4n) is 2.32. The minimum Gasteiger partial charge on any atom is -0.458 e. The summed E-state index contributed by atoms with van der Waals surface area (Å²) in [6.45, 7) is 1.39. The Hall–Kier alpha value is -2.97. The van der Waals surface area contributed by atoms with Gasteiger partial charge in [-0.2, -0.15) is 11.3 Å². The van der Waals surface area contributed by atoms with Gasteiger partial charge in [-0.05, 0) is 48.2 Å². The Bertz CT molecular complexity index is 953. The first kappa shape index (κ1) is 18.8. The molecular formula is C19H17FN2O4S. The third-order valence-corrected chi connectivity index (χ3v) is 4.54. The predicted octanol–water partition coefficient (Wildman–Crippen LogP) is 3.24. The molecule has 3 N–H and O–H groups in total. The molecule has 2 aromatic heterocycles. The van der Waals surface area contributed by atoms with E-state index in [1.165, 1.54) is 23.5 Å². The Kier molecular flexibility index (Phi) is 5.68. The molecule has 0 spiro atoms. The summed E-state index contributed by atoms with van der Waals surface area (Å²) < 4.78 is 19.0. The number of thiophene rings is 1. The maximum Gasteiger partial charge on any atom is 0.313 e. The second-order valence-electron chi connectivity index (χ2n) is 5.86. The molecule has 0 saturated carbocycles. The van der Waals surface area contributed by atoms with Gasteiger partial charge in [0.25, 0.3) is 0 Å². The van der Waals surface area contributed by atoms with Crippen molar-refractivity contribution in [1.29, 1.82) is 0 Å². The predicted molar refractivity (Wildman–Crippen MR) is 99.8 cm³/mol. The van der Waals surface area contributed by atoms with E-state index in [4.69, 9.17) is 4.42 Å². The molecule has 0 aliphatic carbocycles. The summed E-state index contributed by atoms with van der Waals surface area (Å²) in [4.78, 5) is 23.7. The maximum absolute atomic E-state index is 13.5. The Morgan fingerprint density at radius 1 is 1.22 bits per heavy atom. The van der Waals surface area contributed by atoms with Crippen LogP contribution in [0.15, 0.2) is 51.6 Å². The number of nitrogens with one attached hydrogen (secondary N) is 2. The number of aryl methyl sites for hydroxylation is 1. The smallest absolute Gasteiger partial charge is 0.313 e. The first-order valence-corrected chi connectivity index (χ1v) is 9.04. The van der Waals surface area contributed by atoms with Crippen LogP contribution in [-0.2, 0) is 9.59 Å². The summed E-state index contributed by atoms with van der Waals surface area (Å²) >= 11 is 1.52. The fraction of sp³-hybridized carbons (Fsp3) is 0.158. The molecule has 2 heterocycles. The van der Waals surface area contributed by atoms with E-state index in [-0.39, 0.29) is 18.0 Å². The molecule has 140 valence electrons. The lowest BCUT2D eigenvalue weighted by Crippen LogP contribution is -2.37. The zero-order valence-corrected chi connectivity index (χ0v) is 15.2. The number of benzene rings is 1. The molecule has 1 aromatic carbocycles. The number of rotatable bonds is 5. The van der Waals surface area contributed by atoms with Gasteiger partial charge in [-0.3, -0.25) is 9.59 Å². The molecule has 0 aliphatic heterocycles. The molecule has 0 aliphatic rings. The number of aliphatic hydroxyl groups is 1. The number of amides is 2. The van der Waals surface area contributed by atoms with E-state index < -0.39 is 23.7 Å². The molecule has 1 atom stereocenters. The first-order valence-electron chi connectivity index (χ1n) is 8.09. The highest BCUT2D eigenvalue weighted by molar-refractivity contribution is 7.08. The van der Waals surface area contributed by atoms with Crippen molar-refractivity contribution in [2.24, 2.45) is 0 Å². The van der Waals surface area contributed by atoms with Gasteiger partial charge in [0.2, 0.25) is 0 Å². The van der Waals surface area contributed by atoms with Crippen LogP contribution in [0.1, 0.15) is 17.4 Å². The standard InChI is InChI=1S/C19H17FN2O4S/c1-11-2-3-13(8-14(11)20)22-19(25)18(24)21-9-15(23)17-5-4-16(26-17)12-6-7-27-10-12/h2-8,10,15,23H,9H2,1H3,(H,21,24)(H,22,25)/t15-/m0/s1. The van der Waals surface area contributed by atoms with Gasteiger partial charge in [-0.15, -0.1) is 0 Å². The van der Waals surface area contributed by atoms with E-state index in [0.717, 1.165) is 11.6 Å². The van der Waals surface area contributed by atoms with Crippen molar-refractivity contribution in [2.75, 3.05) is 11.9 Å². The molecule has 3 rings (SSSR count). The minimum atomic E-state index is -1.11. The van der Waals surface area contributed by atoms with Crippen molar-refractivity contribution in [3.05, 3.63) is 64.3 Å². The van der Waals surface area contributed by atoms with Crippen LogP contribution in [0.4, 0.5) is 10.1 Å². The van der Waals surface area contributed by atoms with Gasteiger partial charge in [0.15, 0.2) is 0 Å². The minimum absolute atomic E-state index is 0.172. The zero-order chi connectivity index (χ0) is 19.4. The van der Waals surface area contributed by atoms with E-state index in [1.807, 2.05) is 16.8 Å². The number of hydrogen-bond donors (Lipinski definition) is 3. The van der Waals surface area contributed by atoms with E-state index in [0.29, 0.717) is 11.3 Å². The number of aliphatic hydroxyl groups excluding tert-OH is 1. The Morgan fingerprint density at radius 3 is 2.74 bits per heavy atom. The molecule has 6 nitrogen and oxygen atoms in total. The summed E-state index contributed by atoms with van der Waals surface area (Å²) in [7, 11) is 0. The van der Waals surface area contributed by atoms with Crippen molar-refractivity contribution in [3.8, 4) is 11.3 Å². The summed E-state index contributed by atoms with van der Waals surface area (Å²) in [5.41, 5.74) is 1.50. The molecule has 8 heteroatoms. The highest BCUT2D eigenvalue weighted by Gasteiger charge is 2.18. The SMILES string of the molecule is Cc1ccc(NC(=O)C(=O)NC[C@H](O)c2ccc(-c3ccsc3)o2)cc1F. The molecule has 0 fully saturated rings. The van der Waals surface area contributed by atoms with Crippen LogP contribution in [-0.4, -0.2) is 23.5 Å². The average Bonchev–Trinajstić information content (AvgIpc) is 3.33. The van der Waals surface area contributed by atoms with Crippen LogP contribution < -0.4 is 10.6 Å². The first-order chi connectivity index (χ1) is 12.9. The maximum atomic E-state index is 13.5. The second kappa shape index (κ2) is 8.15. The van der Waals surface area contributed by atoms with Crippen LogP contribution in [0.2, 0.25) is 0 Å². The van der Waals surface area contributed by atoms with Crippen LogP contribution in [0.25, 0.3) is 11.3 Å². The highest BCUT2D eigenvalue weighted by Crippen LogP contribution is 2.26. The molecular weight excluding hydrogens is 371 g/mol. The average molecular weight is 388 g/mol. The van der Waals surface area contributed by atoms with Crippen LogP contribution in [0, 0.1) is 12.7 Å². The second-order valence-corrected chi connectivity index (χ2v) is 6.64. The van der Waals surface area contributed by atoms with Crippen LogP contribution in [0.3, 0.4) is 0 Å². The number of carbonyl (C=O) groups is 2. The summed E-state index contributed by atoms with van der Waals surface area (Å²) in [5, 5.41) is 18.6. The van der Waals surface area contributed by atoms with Crippen molar-refractivity contribution < 1.29 is 23.5 Å². The van der Waals surface area contributed by atoms with E-state index in [2.05, 4.69) is 10.6 Å². The van der Waals surface area contributed by atoms with E-state index in [1.54, 1.807) is 19.1 Å². The molecule has 0 unspecified atom stereocenters. The van der Waals surface area contributed by atoms with Gasteiger partial charge in [0.1, 0.15) is 23.4 Å². The number of hydrogen-bond acceptors (Lipinski definition) is 5. The summed E-state index contributed by atoms with van der Waals surface area (Å²) in [6, 6.07) is 9.34. The Labute approximate surface area is 158 Å². The van der Waals surface area contributed by atoms with Gasteiger partial charge < -0.3 is 20.2 Å². The zero-order valence-electron chi connectivity index (χ0n) is 14.4. The van der Waals surface area contributed by atoms with E-state index >= 15 is 0 Å². The number of furan rings is 1. The van der Waals surface area contributed by atoms with Crippen molar-refractivity contribution in [3.63, 3.8) is 0 Å². The highest BCUT2D eigenvalue weighted by atomic mass is 32.1. The third-order valence-electron chi connectivity index (χ3n) is 3.85. The van der Waals surface area contributed by atoms with Crippen LogP contribution >= 0.6 is 11.3 Å². The lowest BCUT2D eigenvalue weighted by atomic mass is 10.2. The lowest BCUT2D eigenvalue weighted by molar-refractivity contribution is -0.136. The van der Waals surface area contributed by atoms with Gasteiger partial charge in [0.05, 0.1) is 6.54 Å². The molecule has 0 saturated heterocycles. The van der Waals surface area contributed by atoms with E-state index in [9.17, 15) is 19.1 Å². The number of halogens is 1. The number of carbonyl (C=O) groups excluding carboxylic acids is 2. The van der Waals surface area contributed by atoms with Crippen molar-refractivity contribution in [2.45, 2.75) is 13.0 Å². The summed E-state index contributed by atoms with van der Waals surface area (Å²) in [5.74, 6) is -1.50. The lowest BCUT2D eigenvalue weighted by Gasteiger charge is -2.10. The fourth-order valence-corrected chi connectivity index (χ4v) is 2.97. The monoisotopic (exact) mass is 388 g/mol. The molecule has 27 heavy (non-hydrogen) atoms. The number of anilines is 1. The quantitative estimate of drug-likeness (QED) is 0.585. The molecule has 3 aromatic rings. The van der Waals surface area contributed by atoms with Gasteiger partial charge in [-0.25, -0.2) is 4.39 Å². The molecule has 0 radical (unpaired) electrons. The summed E-state index contributed by atoms with van der Waals surface area (Å²) in [6.07, 6.45) is -1.11.